The molecule has 180 valence electrons. The molecule has 1 amide bonds. The number of hydrogen-bond donors (Lipinski definition) is 0. The van der Waals surface area contributed by atoms with E-state index in [0.717, 1.165) is 5.52 Å². The summed E-state index contributed by atoms with van der Waals surface area (Å²) in [5.41, 5.74) is 2.00. The van der Waals surface area contributed by atoms with Gasteiger partial charge in [-0.1, -0.05) is 29.3 Å². The SMILES string of the molecule is C=CCN(c1nccs1)S(=O)(=O)c1ccc(N2CCC(n3cnc4cc(Cl)c(Cl)cc43)C2=O)cc1. The highest BCUT2D eigenvalue weighted by Gasteiger charge is 2.35. The first-order chi connectivity index (χ1) is 16.8. The fourth-order valence-electron chi connectivity index (χ4n) is 4.11. The summed E-state index contributed by atoms with van der Waals surface area (Å²) in [6, 6.07) is 9.22. The topological polar surface area (TPSA) is 88.4 Å². The summed E-state index contributed by atoms with van der Waals surface area (Å²) in [7, 11) is -3.85. The van der Waals surface area contributed by atoms with E-state index in [4.69, 9.17) is 23.2 Å². The van der Waals surface area contributed by atoms with Gasteiger partial charge in [0.25, 0.3) is 10.0 Å². The number of benzene rings is 2. The summed E-state index contributed by atoms with van der Waals surface area (Å²) in [6.45, 7) is 4.23. The highest BCUT2D eigenvalue weighted by molar-refractivity contribution is 7.93. The minimum absolute atomic E-state index is 0.0952. The van der Waals surface area contributed by atoms with E-state index in [2.05, 4.69) is 16.5 Å². The minimum atomic E-state index is -3.85. The Morgan fingerprint density at radius 3 is 2.60 bits per heavy atom. The third-order valence-electron chi connectivity index (χ3n) is 5.79. The van der Waals surface area contributed by atoms with Gasteiger partial charge in [0.1, 0.15) is 6.04 Å². The van der Waals surface area contributed by atoms with E-state index < -0.39 is 16.1 Å². The molecule has 5 rings (SSSR count). The summed E-state index contributed by atoms with van der Waals surface area (Å²) in [6.07, 6.45) is 5.25. The van der Waals surface area contributed by atoms with Crippen molar-refractivity contribution in [1.29, 1.82) is 0 Å². The summed E-state index contributed by atoms with van der Waals surface area (Å²) in [4.78, 5) is 23.5. The van der Waals surface area contributed by atoms with Gasteiger partial charge in [0.15, 0.2) is 5.13 Å². The number of aromatic nitrogens is 3. The number of halogens is 2. The van der Waals surface area contributed by atoms with Crippen molar-refractivity contribution in [1.82, 2.24) is 14.5 Å². The second-order valence-corrected chi connectivity index (χ2v) is 11.4. The second-order valence-electron chi connectivity index (χ2n) is 7.83. The lowest BCUT2D eigenvalue weighted by Gasteiger charge is -2.21. The second kappa shape index (κ2) is 9.27. The molecule has 1 aliphatic rings. The molecule has 1 aliphatic heterocycles. The number of carbonyl (C=O) groups is 1. The number of amides is 1. The molecule has 3 heterocycles. The van der Waals surface area contributed by atoms with E-state index in [0.29, 0.717) is 39.3 Å². The molecule has 0 spiro atoms. The van der Waals surface area contributed by atoms with Crippen LogP contribution < -0.4 is 9.21 Å². The zero-order valence-corrected chi connectivity index (χ0v) is 21.4. The quantitative estimate of drug-likeness (QED) is 0.298. The van der Waals surface area contributed by atoms with Crippen LogP contribution in [0.15, 0.2) is 71.9 Å². The predicted octanol–water partition coefficient (Wildman–Crippen LogP) is 5.16. The van der Waals surface area contributed by atoms with E-state index >= 15 is 0 Å². The maximum atomic E-state index is 13.3. The molecular formula is C23H19Cl2N5O3S2. The van der Waals surface area contributed by atoms with Gasteiger partial charge in [-0.25, -0.2) is 22.7 Å². The molecule has 0 bridgehead atoms. The Morgan fingerprint density at radius 1 is 1.17 bits per heavy atom. The van der Waals surface area contributed by atoms with Crippen molar-refractivity contribution in [3.05, 3.63) is 77.0 Å². The van der Waals surface area contributed by atoms with E-state index in [1.807, 2.05) is 0 Å². The van der Waals surface area contributed by atoms with Crippen LogP contribution in [-0.4, -0.2) is 41.9 Å². The van der Waals surface area contributed by atoms with Crippen molar-refractivity contribution in [3.8, 4) is 0 Å². The molecule has 12 heteroatoms. The van der Waals surface area contributed by atoms with Gasteiger partial charge < -0.3 is 9.47 Å². The van der Waals surface area contributed by atoms with E-state index in [1.54, 1.807) is 51.6 Å². The average Bonchev–Trinajstić information content (AvgIpc) is 3.58. The molecule has 0 aliphatic carbocycles. The molecule has 4 aromatic rings. The Balaban J connectivity index is 1.40. The molecule has 2 aromatic carbocycles. The molecule has 1 unspecified atom stereocenters. The molecule has 1 atom stereocenters. The van der Waals surface area contributed by atoms with Crippen molar-refractivity contribution >= 4 is 72.3 Å². The lowest BCUT2D eigenvalue weighted by atomic mass is 10.2. The molecule has 2 aromatic heterocycles. The van der Waals surface area contributed by atoms with Gasteiger partial charge >= 0.3 is 0 Å². The normalized spacial score (nSPS) is 16.2. The minimum Gasteiger partial charge on any atom is -0.318 e. The standard InChI is InChI=1S/C23H19Cl2N5O3S2/c1-2-9-30(23-26-8-11-34-23)35(32,33)16-5-3-15(4-6-16)28-10-7-20(22(28)31)29-14-27-19-12-17(24)18(25)13-21(19)29/h2-6,8,11-14,20H,1,7,9-10H2. The van der Waals surface area contributed by atoms with E-state index in [-0.39, 0.29) is 17.3 Å². The smallest absolute Gasteiger partial charge is 0.266 e. The van der Waals surface area contributed by atoms with Gasteiger partial charge in [0.05, 0.1) is 38.8 Å². The molecule has 1 fully saturated rings. The Hall–Kier alpha value is -2.92. The maximum Gasteiger partial charge on any atom is 0.266 e. The number of nitrogens with zero attached hydrogens (tertiary/aromatic N) is 5. The van der Waals surface area contributed by atoms with Gasteiger partial charge in [0, 0.05) is 23.8 Å². The molecule has 8 nitrogen and oxygen atoms in total. The van der Waals surface area contributed by atoms with Crippen molar-refractivity contribution in [2.45, 2.75) is 17.4 Å². The number of carbonyl (C=O) groups excluding carboxylic acids is 1. The predicted molar refractivity (Wildman–Crippen MR) is 139 cm³/mol. The van der Waals surface area contributed by atoms with Crippen LogP contribution in [0.1, 0.15) is 12.5 Å². The van der Waals surface area contributed by atoms with Crippen molar-refractivity contribution in [2.24, 2.45) is 0 Å². The Kier molecular flexibility index (Phi) is 6.30. The number of sulfonamides is 1. The third kappa shape index (κ3) is 4.20. The fourth-order valence-corrected chi connectivity index (χ4v) is 6.70. The highest BCUT2D eigenvalue weighted by atomic mass is 35.5. The zero-order valence-electron chi connectivity index (χ0n) is 18.2. The van der Waals surface area contributed by atoms with Crippen molar-refractivity contribution in [2.75, 3.05) is 22.3 Å². The lowest BCUT2D eigenvalue weighted by molar-refractivity contribution is -0.119. The lowest BCUT2D eigenvalue weighted by Crippen LogP contribution is -2.31. The number of fused-ring (bicyclic) bond motifs is 1. The first kappa shape index (κ1) is 23.8. The molecule has 1 saturated heterocycles. The van der Waals surface area contributed by atoms with Crippen LogP contribution in [0.2, 0.25) is 10.0 Å². The molecular weight excluding hydrogens is 529 g/mol. The van der Waals surface area contributed by atoms with Crippen molar-refractivity contribution in [3.63, 3.8) is 0 Å². The molecule has 0 radical (unpaired) electrons. The number of rotatable bonds is 7. The number of imidazole rings is 1. The van der Waals surface area contributed by atoms with Gasteiger partial charge in [-0.3, -0.25) is 4.79 Å². The van der Waals surface area contributed by atoms with Gasteiger partial charge in [0.2, 0.25) is 5.91 Å². The summed E-state index contributed by atoms with van der Waals surface area (Å²) in [5, 5.41) is 2.87. The van der Waals surface area contributed by atoms with Crippen LogP contribution >= 0.6 is 34.5 Å². The molecule has 0 N–H and O–H groups in total. The highest BCUT2D eigenvalue weighted by Crippen LogP contribution is 2.34. The molecule has 0 saturated carbocycles. The van der Waals surface area contributed by atoms with Crippen LogP contribution in [0, 0.1) is 0 Å². The third-order valence-corrected chi connectivity index (χ3v) is 9.20. The summed E-state index contributed by atoms with van der Waals surface area (Å²) >= 11 is 13.5. The van der Waals surface area contributed by atoms with E-state index in [9.17, 15) is 13.2 Å². The Bertz CT molecular complexity index is 1520. The van der Waals surface area contributed by atoms with Crippen LogP contribution in [0.4, 0.5) is 10.8 Å². The first-order valence-corrected chi connectivity index (χ1v) is 13.6. The van der Waals surface area contributed by atoms with E-state index in [1.165, 1.54) is 33.9 Å². The summed E-state index contributed by atoms with van der Waals surface area (Å²) in [5.74, 6) is -0.109. The maximum absolute atomic E-state index is 13.3. The zero-order chi connectivity index (χ0) is 24.7. The van der Waals surface area contributed by atoms with Crippen molar-refractivity contribution < 1.29 is 13.2 Å². The number of hydrogen-bond acceptors (Lipinski definition) is 6. The van der Waals surface area contributed by atoms with Gasteiger partial charge in [-0.15, -0.1) is 17.9 Å². The largest absolute Gasteiger partial charge is 0.318 e. The van der Waals surface area contributed by atoms with Crippen LogP contribution in [-0.2, 0) is 14.8 Å². The number of thiazole rings is 1. The van der Waals surface area contributed by atoms with Crippen LogP contribution in [0.5, 0.6) is 0 Å². The summed E-state index contributed by atoms with van der Waals surface area (Å²) < 4.78 is 29.5. The fraction of sp³-hybridized carbons (Fsp3) is 0.174. The van der Waals surface area contributed by atoms with Crippen LogP contribution in [0.3, 0.4) is 0 Å². The Labute approximate surface area is 216 Å². The van der Waals surface area contributed by atoms with Crippen LogP contribution in [0.25, 0.3) is 11.0 Å². The van der Waals surface area contributed by atoms with Gasteiger partial charge in [-0.05, 0) is 42.8 Å². The monoisotopic (exact) mass is 547 g/mol. The average molecular weight is 548 g/mol. The Morgan fingerprint density at radius 2 is 1.91 bits per heavy atom. The number of anilines is 2. The molecule has 35 heavy (non-hydrogen) atoms. The first-order valence-electron chi connectivity index (χ1n) is 10.6. The van der Waals surface area contributed by atoms with Gasteiger partial charge in [-0.2, -0.15) is 0 Å².